The first kappa shape index (κ1) is 31.5. The van der Waals surface area contributed by atoms with Gasteiger partial charge in [-0.15, -0.1) is 0 Å². The number of fused-ring (bicyclic) bond motifs is 9. The number of aromatic nitrogens is 5. The minimum Gasteiger partial charge on any atom is -0.454 e. The second-order valence-electron chi connectivity index (χ2n) is 14.4. The fraction of sp³-hybridized carbons (Fsp3) is 0. The van der Waals surface area contributed by atoms with E-state index in [0.29, 0.717) is 17.6 Å². The van der Waals surface area contributed by atoms with Gasteiger partial charge in [0.15, 0.2) is 17.2 Å². The van der Waals surface area contributed by atoms with Crippen LogP contribution in [-0.4, -0.2) is 24.1 Å². The third-order valence-corrected chi connectivity index (χ3v) is 11.2. The Bertz CT molecular complexity index is 3410. The second kappa shape index (κ2) is 12.3. The zero-order valence-corrected chi connectivity index (χ0v) is 30.5. The van der Waals surface area contributed by atoms with Crippen LogP contribution < -0.4 is 0 Å². The fourth-order valence-corrected chi connectivity index (χ4v) is 8.59. The van der Waals surface area contributed by atoms with Crippen LogP contribution in [0.2, 0.25) is 0 Å². The predicted octanol–water partition coefficient (Wildman–Crippen LogP) is 13.0. The molecule has 8 aromatic carbocycles. The lowest BCUT2D eigenvalue weighted by Gasteiger charge is -2.11. The molecule has 0 atom stereocenters. The highest BCUT2D eigenvalue weighted by Gasteiger charge is 2.20. The molecule has 0 unspecified atom stereocenters. The van der Waals surface area contributed by atoms with Gasteiger partial charge in [0.25, 0.3) is 0 Å². The topological polar surface area (TPSA) is 61.7 Å². The lowest BCUT2D eigenvalue weighted by molar-refractivity contribution is 0.666. The zero-order chi connectivity index (χ0) is 37.5. The van der Waals surface area contributed by atoms with Gasteiger partial charge in [0.2, 0.25) is 5.95 Å². The quantitative estimate of drug-likeness (QED) is 0.177. The van der Waals surface area contributed by atoms with Gasteiger partial charge in [0, 0.05) is 43.4 Å². The summed E-state index contributed by atoms with van der Waals surface area (Å²) in [6, 6.07) is 65.6. The summed E-state index contributed by atoms with van der Waals surface area (Å²) in [5.74, 6) is 1.83. The van der Waals surface area contributed by atoms with Crippen molar-refractivity contribution < 1.29 is 4.42 Å². The highest BCUT2D eigenvalue weighted by Crippen LogP contribution is 2.40. The van der Waals surface area contributed by atoms with Crippen molar-refractivity contribution in [3.8, 4) is 45.5 Å². The molecule has 0 radical (unpaired) electrons. The molecule has 6 heteroatoms. The first-order valence-electron chi connectivity index (χ1n) is 19.1. The SMILES string of the molecule is c1ccc(-c2nc(-c3ccccc3)nc(-n3c4ccccc4c4cc(-c5ccc6oc7c(-n8c9ccccc9c9ccccc98)cccc7c6c5)ccc43)n2)cc1. The fourth-order valence-electron chi connectivity index (χ4n) is 8.59. The number of rotatable bonds is 5. The third kappa shape index (κ3) is 4.87. The lowest BCUT2D eigenvalue weighted by atomic mass is 10.0. The first-order chi connectivity index (χ1) is 28.3. The molecule has 0 aliphatic heterocycles. The molecule has 57 heavy (non-hydrogen) atoms. The lowest BCUT2D eigenvalue weighted by Crippen LogP contribution is -2.06. The molecule has 0 saturated heterocycles. The molecule has 0 N–H and O–H groups in total. The van der Waals surface area contributed by atoms with Gasteiger partial charge < -0.3 is 8.98 Å². The largest absolute Gasteiger partial charge is 0.454 e. The van der Waals surface area contributed by atoms with Gasteiger partial charge in [-0.3, -0.25) is 4.57 Å². The Morgan fingerprint density at radius 3 is 1.46 bits per heavy atom. The van der Waals surface area contributed by atoms with E-state index in [1.165, 1.54) is 10.8 Å². The maximum absolute atomic E-state index is 6.72. The first-order valence-corrected chi connectivity index (χ1v) is 19.1. The molecular formula is C51H31N5O. The Balaban J connectivity index is 1.02. The van der Waals surface area contributed by atoms with Gasteiger partial charge in [-0.05, 0) is 59.7 Å². The van der Waals surface area contributed by atoms with Crippen molar-refractivity contribution in [2.24, 2.45) is 0 Å². The number of hydrogen-bond acceptors (Lipinski definition) is 4. The van der Waals surface area contributed by atoms with E-state index in [2.05, 4.69) is 137 Å². The van der Waals surface area contributed by atoms with Crippen LogP contribution in [0.3, 0.4) is 0 Å². The Morgan fingerprint density at radius 1 is 0.333 bits per heavy atom. The van der Waals surface area contributed by atoms with Crippen molar-refractivity contribution in [1.29, 1.82) is 0 Å². The van der Waals surface area contributed by atoms with Gasteiger partial charge in [-0.25, -0.2) is 4.98 Å². The highest BCUT2D eigenvalue weighted by molar-refractivity contribution is 6.14. The average Bonchev–Trinajstić information content (AvgIpc) is 3.94. The predicted molar refractivity (Wildman–Crippen MR) is 232 cm³/mol. The highest BCUT2D eigenvalue weighted by atomic mass is 16.3. The normalized spacial score (nSPS) is 11.9. The van der Waals surface area contributed by atoms with Crippen LogP contribution in [0.25, 0.3) is 111 Å². The third-order valence-electron chi connectivity index (χ3n) is 11.2. The molecule has 266 valence electrons. The summed E-state index contributed by atoms with van der Waals surface area (Å²) in [6.07, 6.45) is 0. The van der Waals surface area contributed by atoms with Crippen LogP contribution in [0, 0.1) is 0 Å². The van der Waals surface area contributed by atoms with Crippen molar-refractivity contribution in [1.82, 2.24) is 24.1 Å². The number of nitrogens with zero attached hydrogens (tertiary/aromatic N) is 5. The van der Waals surface area contributed by atoms with Crippen LogP contribution in [-0.2, 0) is 0 Å². The summed E-state index contributed by atoms with van der Waals surface area (Å²) in [4.78, 5) is 15.1. The Morgan fingerprint density at radius 2 is 0.825 bits per heavy atom. The minimum atomic E-state index is 0.576. The maximum Gasteiger partial charge on any atom is 0.238 e. The Hall–Kier alpha value is -7.83. The van der Waals surface area contributed by atoms with Crippen molar-refractivity contribution in [2.75, 3.05) is 0 Å². The van der Waals surface area contributed by atoms with Gasteiger partial charge in [0.1, 0.15) is 5.58 Å². The van der Waals surface area contributed by atoms with Crippen LogP contribution in [0.4, 0.5) is 0 Å². The monoisotopic (exact) mass is 729 g/mol. The molecule has 6 nitrogen and oxygen atoms in total. The summed E-state index contributed by atoms with van der Waals surface area (Å²) in [5.41, 5.74) is 11.2. The summed E-state index contributed by atoms with van der Waals surface area (Å²) in [5, 5.41) is 6.87. The van der Waals surface area contributed by atoms with E-state index >= 15 is 0 Å². The van der Waals surface area contributed by atoms with Gasteiger partial charge in [0.05, 0.1) is 27.8 Å². The van der Waals surface area contributed by atoms with E-state index in [4.69, 9.17) is 19.4 Å². The molecule has 0 amide bonds. The van der Waals surface area contributed by atoms with Crippen LogP contribution >= 0.6 is 0 Å². The number of furan rings is 1. The summed E-state index contributed by atoms with van der Waals surface area (Å²) < 4.78 is 11.2. The van der Waals surface area contributed by atoms with Gasteiger partial charge in [-0.2, -0.15) is 9.97 Å². The second-order valence-corrected chi connectivity index (χ2v) is 14.4. The molecule has 4 aromatic heterocycles. The van der Waals surface area contributed by atoms with Crippen LogP contribution in [0.5, 0.6) is 0 Å². The van der Waals surface area contributed by atoms with E-state index in [1.807, 2.05) is 60.7 Å². The van der Waals surface area contributed by atoms with Crippen molar-refractivity contribution in [3.63, 3.8) is 0 Å². The number of para-hydroxylation sites is 4. The van der Waals surface area contributed by atoms with Gasteiger partial charge in [-0.1, -0.05) is 140 Å². The number of benzene rings is 8. The molecule has 0 fully saturated rings. The standard InChI is InChI=1S/C51H31N5O/c1-3-14-32(15-4-1)49-52-50(33-16-5-2-6-17-33)54-51(53-49)56-44-24-12-9-20-38(44)40-30-34(26-28-45(40)56)35-27-29-47-41(31-35)39-21-13-25-46(48(39)57-47)55-42-22-10-7-18-36(42)37-19-8-11-23-43(37)55/h1-31H. The van der Waals surface area contributed by atoms with E-state index in [1.54, 1.807) is 0 Å². The molecule has 4 heterocycles. The molecular weight excluding hydrogens is 699 g/mol. The molecule has 0 aliphatic rings. The zero-order valence-electron chi connectivity index (χ0n) is 30.5. The van der Waals surface area contributed by atoms with E-state index < -0.39 is 0 Å². The van der Waals surface area contributed by atoms with Crippen molar-refractivity contribution >= 4 is 65.6 Å². The van der Waals surface area contributed by atoms with Crippen molar-refractivity contribution in [3.05, 3.63) is 188 Å². The van der Waals surface area contributed by atoms with Gasteiger partial charge >= 0.3 is 0 Å². The molecule has 12 aromatic rings. The summed E-state index contributed by atoms with van der Waals surface area (Å²) >= 11 is 0. The van der Waals surface area contributed by atoms with Crippen molar-refractivity contribution in [2.45, 2.75) is 0 Å². The van der Waals surface area contributed by atoms with Crippen LogP contribution in [0.1, 0.15) is 0 Å². The molecule has 0 spiro atoms. The summed E-state index contributed by atoms with van der Waals surface area (Å²) in [6.45, 7) is 0. The molecule has 0 aliphatic carbocycles. The Kier molecular flexibility index (Phi) is 6.83. The molecule has 12 rings (SSSR count). The van der Waals surface area contributed by atoms with Crippen LogP contribution in [0.15, 0.2) is 192 Å². The minimum absolute atomic E-state index is 0.576. The Labute approximate surface area is 326 Å². The van der Waals surface area contributed by atoms with E-state index in [9.17, 15) is 0 Å². The number of hydrogen-bond donors (Lipinski definition) is 0. The van der Waals surface area contributed by atoms with E-state index in [0.717, 1.165) is 82.7 Å². The molecule has 0 bridgehead atoms. The maximum atomic E-state index is 6.72. The summed E-state index contributed by atoms with van der Waals surface area (Å²) in [7, 11) is 0. The molecule has 0 saturated carbocycles. The smallest absolute Gasteiger partial charge is 0.238 e. The van der Waals surface area contributed by atoms with E-state index in [-0.39, 0.29) is 0 Å². The average molecular weight is 730 g/mol.